The SMILES string of the molecule is Clc1cccc2oc3ccc4c(Br)cccc4c3c12. The van der Waals surface area contributed by atoms with Gasteiger partial charge in [0.1, 0.15) is 11.2 Å². The molecule has 3 heteroatoms. The Morgan fingerprint density at radius 3 is 2.47 bits per heavy atom. The first-order chi connectivity index (χ1) is 9.25. The summed E-state index contributed by atoms with van der Waals surface area (Å²) >= 11 is 9.94. The summed E-state index contributed by atoms with van der Waals surface area (Å²) in [5, 5.41) is 5.11. The van der Waals surface area contributed by atoms with Crippen molar-refractivity contribution in [1.82, 2.24) is 0 Å². The largest absolute Gasteiger partial charge is 0.456 e. The minimum absolute atomic E-state index is 0.726. The van der Waals surface area contributed by atoms with Crippen LogP contribution in [0.1, 0.15) is 0 Å². The third-order valence-corrected chi connectivity index (χ3v) is 4.42. The molecule has 1 heterocycles. The highest BCUT2D eigenvalue weighted by atomic mass is 79.9. The molecular formula is C16H8BrClO. The Morgan fingerprint density at radius 2 is 1.58 bits per heavy atom. The van der Waals surface area contributed by atoms with Crippen molar-refractivity contribution >= 4 is 60.2 Å². The molecule has 0 aliphatic carbocycles. The van der Waals surface area contributed by atoms with E-state index in [9.17, 15) is 0 Å². The van der Waals surface area contributed by atoms with Gasteiger partial charge in [-0.3, -0.25) is 0 Å². The van der Waals surface area contributed by atoms with E-state index in [1.807, 2.05) is 36.4 Å². The maximum Gasteiger partial charge on any atom is 0.136 e. The zero-order valence-electron chi connectivity index (χ0n) is 9.78. The molecule has 1 aromatic heterocycles. The summed E-state index contributed by atoms with van der Waals surface area (Å²) in [5.74, 6) is 0. The van der Waals surface area contributed by atoms with Gasteiger partial charge in [0.05, 0.1) is 5.02 Å². The van der Waals surface area contributed by atoms with Crippen LogP contribution in [-0.2, 0) is 0 Å². The molecule has 0 bridgehead atoms. The molecule has 92 valence electrons. The number of benzene rings is 3. The molecule has 1 nitrogen and oxygen atoms in total. The van der Waals surface area contributed by atoms with Crippen molar-refractivity contribution in [3.05, 3.63) is 58.0 Å². The van der Waals surface area contributed by atoms with Gasteiger partial charge < -0.3 is 4.42 Å². The maximum absolute atomic E-state index is 6.35. The molecule has 3 aromatic carbocycles. The lowest BCUT2D eigenvalue weighted by Crippen LogP contribution is -1.76. The van der Waals surface area contributed by atoms with Crippen molar-refractivity contribution in [1.29, 1.82) is 0 Å². The second-order valence-electron chi connectivity index (χ2n) is 4.49. The molecule has 0 saturated heterocycles. The molecule has 0 amide bonds. The fourth-order valence-electron chi connectivity index (χ4n) is 2.59. The van der Waals surface area contributed by atoms with Gasteiger partial charge >= 0.3 is 0 Å². The Balaban J connectivity index is 2.38. The first-order valence-electron chi connectivity index (χ1n) is 5.93. The summed E-state index contributed by atoms with van der Waals surface area (Å²) in [6, 6.07) is 16.0. The smallest absolute Gasteiger partial charge is 0.136 e. The predicted molar refractivity (Wildman–Crippen MR) is 83.9 cm³/mol. The predicted octanol–water partition coefficient (Wildman–Crippen LogP) is 6.16. The summed E-state index contributed by atoms with van der Waals surface area (Å²) in [5.41, 5.74) is 1.70. The Labute approximate surface area is 122 Å². The lowest BCUT2D eigenvalue weighted by Gasteiger charge is -2.02. The fraction of sp³-hybridized carbons (Fsp3) is 0. The van der Waals surface area contributed by atoms with Crippen molar-refractivity contribution < 1.29 is 4.42 Å². The number of furan rings is 1. The van der Waals surface area contributed by atoms with Crippen LogP contribution in [-0.4, -0.2) is 0 Å². The Morgan fingerprint density at radius 1 is 0.789 bits per heavy atom. The average Bonchev–Trinajstić information content (AvgIpc) is 2.79. The monoisotopic (exact) mass is 330 g/mol. The van der Waals surface area contributed by atoms with Crippen LogP contribution >= 0.6 is 27.5 Å². The fourth-order valence-corrected chi connectivity index (χ4v) is 3.35. The van der Waals surface area contributed by atoms with Crippen LogP contribution in [0.25, 0.3) is 32.7 Å². The van der Waals surface area contributed by atoms with E-state index in [-0.39, 0.29) is 0 Å². The van der Waals surface area contributed by atoms with Crippen LogP contribution in [0.4, 0.5) is 0 Å². The van der Waals surface area contributed by atoms with Gasteiger partial charge in [-0.1, -0.05) is 45.7 Å². The Hall–Kier alpha value is -1.51. The lowest BCUT2D eigenvalue weighted by atomic mass is 10.0. The molecule has 0 radical (unpaired) electrons. The molecule has 0 fully saturated rings. The van der Waals surface area contributed by atoms with E-state index in [2.05, 4.69) is 28.1 Å². The van der Waals surface area contributed by atoms with E-state index in [0.717, 1.165) is 42.2 Å². The number of hydrogen-bond donors (Lipinski definition) is 0. The van der Waals surface area contributed by atoms with Crippen molar-refractivity contribution in [2.24, 2.45) is 0 Å². The van der Waals surface area contributed by atoms with Crippen LogP contribution in [0, 0.1) is 0 Å². The number of halogens is 2. The summed E-state index contributed by atoms with van der Waals surface area (Å²) in [7, 11) is 0. The third kappa shape index (κ3) is 1.54. The van der Waals surface area contributed by atoms with Gasteiger partial charge in [0.25, 0.3) is 0 Å². The maximum atomic E-state index is 6.35. The van der Waals surface area contributed by atoms with Crippen molar-refractivity contribution in [3.8, 4) is 0 Å². The molecule has 0 saturated carbocycles. The standard InChI is InChI=1S/C16H8BrClO/c17-11-4-1-3-10-9(11)7-8-14-15(10)16-12(18)5-2-6-13(16)19-14/h1-8H. The minimum atomic E-state index is 0.726. The quantitative estimate of drug-likeness (QED) is 0.376. The van der Waals surface area contributed by atoms with E-state index in [1.54, 1.807) is 0 Å². The van der Waals surface area contributed by atoms with Gasteiger partial charge in [-0.05, 0) is 41.1 Å². The summed E-state index contributed by atoms with van der Waals surface area (Å²) in [4.78, 5) is 0. The van der Waals surface area contributed by atoms with Crippen molar-refractivity contribution in [2.45, 2.75) is 0 Å². The molecular weight excluding hydrogens is 324 g/mol. The number of fused-ring (bicyclic) bond motifs is 5. The van der Waals surface area contributed by atoms with Gasteiger partial charge in [-0.15, -0.1) is 0 Å². The zero-order chi connectivity index (χ0) is 13.0. The highest BCUT2D eigenvalue weighted by Gasteiger charge is 2.13. The van der Waals surface area contributed by atoms with E-state index in [0.29, 0.717) is 0 Å². The van der Waals surface area contributed by atoms with Crippen molar-refractivity contribution in [2.75, 3.05) is 0 Å². The normalized spacial score (nSPS) is 11.7. The van der Waals surface area contributed by atoms with Gasteiger partial charge in [0.2, 0.25) is 0 Å². The topological polar surface area (TPSA) is 13.1 Å². The third-order valence-electron chi connectivity index (χ3n) is 3.42. The second-order valence-corrected chi connectivity index (χ2v) is 5.75. The van der Waals surface area contributed by atoms with E-state index < -0.39 is 0 Å². The zero-order valence-corrected chi connectivity index (χ0v) is 12.1. The van der Waals surface area contributed by atoms with E-state index in [1.165, 1.54) is 0 Å². The van der Waals surface area contributed by atoms with Crippen LogP contribution in [0.2, 0.25) is 5.02 Å². The van der Waals surface area contributed by atoms with E-state index in [4.69, 9.17) is 16.0 Å². The number of rotatable bonds is 0. The molecule has 4 aromatic rings. The van der Waals surface area contributed by atoms with Gasteiger partial charge in [0, 0.05) is 15.2 Å². The van der Waals surface area contributed by atoms with Crippen LogP contribution in [0.3, 0.4) is 0 Å². The molecule has 4 rings (SSSR count). The first kappa shape index (κ1) is 11.3. The molecule has 0 unspecified atom stereocenters. The summed E-state index contributed by atoms with van der Waals surface area (Å²) in [6.45, 7) is 0. The summed E-state index contributed by atoms with van der Waals surface area (Å²) < 4.78 is 6.96. The Bertz CT molecular complexity index is 940. The molecule has 0 atom stereocenters. The van der Waals surface area contributed by atoms with Gasteiger partial charge in [-0.25, -0.2) is 0 Å². The highest BCUT2D eigenvalue weighted by molar-refractivity contribution is 9.10. The highest BCUT2D eigenvalue weighted by Crippen LogP contribution is 2.39. The average molecular weight is 332 g/mol. The lowest BCUT2D eigenvalue weighted by molar-refractivity contribution is 0.669. The van der Waals surface area contributed by atoms with Gasteiger partial charge in [-0.2, -0.15) is 0 Å². The van der Waals surface area contributed by atoms with E-state index >= 15 is 0 Å². The van der Waals surface area contributed by atoms with Crippen LogP contribution in [0.5, 0.6) is 0 Å². The van der Waals surface area contributed by atoms with Crippen LogP contribution in [0.15, 0.2) is 57.4 Å². The number of hydrogen-bond acceptors (Lipinski definition) is 1. The van der Waals surface area contributed by atoms with Crippen molar-refractivity contribution in [3.63, 3.8) is 0 Å². The van der Waals surface area contributed by atoms with Gasteiger partial charge in [0.15, 0.2) is 0 Å². The molecule has 19 heavy (non-hydrogen) atoms. The minimum Gasteiger partial charge on any atom is -0.456 e. The Kier molecular flexibility index (Phi) is 2.38. The molecule has 0 aliphatic heterocycles. The summed E-state index contributed by atoms with van der Waals surface area (Å²) in [6.07, 6.45) is 0. The second kappa shape index (κ2) is 3.99. The molecule has 0 aliphatic rings. The molecule has 0 spiro atoms. The first-order valence-corrected chi connectivity index (χ1v) is 7.11. The van der Waals surface area contributed by atoms with Crippen LogP contribution < -0.4 is 0 Å². The molecule has 0 N–H and O–H groups in total.